The molecule has 2 aromatic rings. The number of pyridine rings is 1. The minimum absolute atomic E-state index is 0.335. The van der Waals surface area contributed by atoms with Crippen molar-refractivity contribution in [3.05, 3.63) is 51.2 Å². The Morgan fingerprint density at radius 1 is 0.810 bits per heavy atom. The van der Waals surface area contributed by atoms with E-state index >= 15 is 0 Å². The summed E-state index contributed by atoms with van der Waals surface area (Å²) in [6, 6.07) is 5.15. The summed E-state index contributed by atoms with van der Waals surface area (Å²) >= 11 is 1.36. The van der Waals surface area contributed by atoms with Crippen molar-refractivity contribution in [3.8, 4) is 11.3 Å². The fourth-order valence-corrected chi connectivity index (χ4v) is 2.70. The maximum atomic E-state index is 12.9. The van der Waals surface area contributed by atoms with Crippen molar-refractivity contribution >= 4 is 22.6 Å². The van der Waals surface area contributed by atoms with Crippen LogP contribution in [0.3, 0.4) is 0 Å². The molecule has 0 aliphatic carbocycles. The summed E-state index contributed by atoms with van der Waals surface area (Å²) in [6.07, 6.45) is -8.47. The van der Waals surface area contributed by atoms with Gasteiger partial charge in [0.25, 0.3) is 0 Å². The van der Waals surface area contributed by atoms with Crippen LogP contribution in [-0.2, 0) is 12.4 Å². The van der Waals surface area contributed by atoms with Gasteiger partial charge in [-0.2, -0.15) is 26.3 Å². The number of benzene rings is 1. The molecule has 0 unspecified atom stereocenters. The summed E-state index contributed by atoms with van der Waals surface area (Å²) in [5, 5.41) is 0. The first-order chi connectivity index (χ1) is 9.62. The van der Waals surface area contributed by atoms with E-state index in [2.05, 4.69) is 4.98 Å². The predicted molar refractivity (Wildman–Crippen MR) is 72.4 cm³/mol. The van der Waals surface area contributed by atoms with E-state index < -0.39 is 23.5 Å². The Kier molecular flexibility index (Phi) is 4.18. The maximum Gasteiger partial charge on any atom is 0.417 e. The summed E-state index contributed by atoms with van der Waals surface area (Å²) in [4.78, 5) is 3.69. The van der Waals surface area contributed by atoms with Crippen molar-refractivity contribution in [1.82, 2.24) is 4.98 Å². The molecule has 112 valence electrons. The monoisotopic (exact) mass is 417 g/mol. The first-order valence-electron chi connectivity index (χ1n) is 5.50. The number of hydrogen-bond acceptors (Lipinski definition) is 1. The van der Waals surface area contributed by atoms with Crippen molar-refractivity contribution < 1.29 is 26.3 Å². The van der Waals surface area contributed by atoms with Gasteiger partial charge in [0.05, 0.1) is 20.4 Å². The molecule has 1 aromatic carbocycles. The van der Waals surface area contributed by atoms with Gasteiger partial charge >= 0.3 is 12.4 Å². The highest BCUT2D eigenvalue weighted by Gasteiger charge is 2.37. The molecule has 0 N–H and O–H groups in total. The van der Waals surface area contributed by atoms with E-state index in [4.69, 9.17) is 0 Å². The summed E-state index contributed by atoms with van der Waals surface area (Å²) in [7, 11) is 0. The van der Waals surface area contributed by atoms with E-state index in [1.165, 1.54) is 34.7 Å². The summed E-state index contributed by atoms with van der Waals surface area (Å²) in [5.74, 6) is 0. The lowest BCUT2D eigenvalue weighted by atomic mass is 10.0. The molecule has 0 aliphatic heterocycles. The lowest BCUT2D eigenvalue weighted by molar-refractivity contribution is -0.138. The van der Waals surface area contributed by atoms with E-state index in [0.29, 0.717) is 0 Å². The van der Waals surface area contributed by atoms with E-state index in [9.17, 15) is 26.3 Å². The third kappa shape index (κ3) is 3.30. The fourth-order valence-electron chi connectivity index (χ4n) is 1.79. The molecule has 0 fully saturated rings. The third-order valence-electron chi connectivity index (χ3n) is 2.68. The zero-order valence-corrected chi connectivity index (χ0v) is 12.2. The van der Waals surface area contributed by atoms with Crippen LogP contribution in [0.5, 0.6) is 0 Å². The van der Waals surface area contributed by atoms with Gasteiger partial charge in [0.1, 0.15) is 0 Å². The highest BCUT2D eigenvalue weighted by atomic mass is 127. The van der Waals surface area contributed by atoms with Crippen LogP contribution in [0.1, 0.15) is 11.1 Å². The molecule has 0 bridgehead atoms. The van der Waals surface area contributed by atoms with Crippen LogP contribution in [0, 0.1) is 3.57 Å². The van der Waals surface area contributed by atoms with Gasteiger partial charge in [-0.15, -0.1) is 0 Å². The van der Waals surface area contributed by atoms with Gasteiger partial charge in [0.15, 0.2) is 0 Å². The molecule has 1 nitrogen and oxygen atoms in total. The normalized spacial score (nSPS) is 12.5. The highest BCUT2D eigenvalue weighted by Crippen LogP contribution is 2.40. The van der Waals surface area contributed by atoms with Gasteiger partial charge in [0, 0.05) is 11.8 Å². The molecule has 0 amide bonds. The zero-order chi connectivity index (χ0) is 15.8. The Balaban J connectivity index is 2.70. The molecule has 8 heteroatoms. The molecular formula is C13H6F6IN. The number of rotatable bonds is 1. The van der Waals surface area contributed by atoms with Crippen LogP contribution >= 0.6 is 22.6 Å². The van der Waals surface area contributed by atoms with Crippen LogP contribution in [0.15, 0.2) is 36.5 Å². The minimum atomic E-state index is -4.67. The highest BCUT2D eigenvalue weighted by molar-refractivity contribution is 14.1. The predicted octanol–water partition coefficient (Wildman–Crippen LogP) is 5.39. The number of hydrogen-bond donors (Lipinski definition) is 0. The molecule has 0 aliphatic rings. The minimum Gasteiger partial charge on any atom is -0.255 e. The van der Waals surface area contributed by atoms with Gasteiger partial charge in [-0.3, -0.25) is 4.98 Å². The lowest BCUT2D eigenvalue weighted by Crippen LogP contribution is -2.11. The molecule has 2 rings (SSSR count). The molecule has 0 spiro atoms. The number of aromatic nitrogens is 1. The van der Waals surface area contributed by atoms with Crippen molar-refractivity contribution in [1.29, 1.82) is 0 Å². The van der Waals surface area contributed by atoms with Crippen LogP contribution < -0.4 is 0 Å². The lowest BCUT2D eigenvalue weighted by Gasteiger charge is -2.15. The van der Waals surface area contributed by atoms with Crippen LogP contribution in [0.25, 0.3) is 11.3 Å². The van der Waals surface area contributed by atoms with Gasteiger partial charge in [-0.05, 0) is 34.7 Å². The Bertz CT molecular complexity index is 662. The third-order valence-corrected chi connectivity index (χ3v) is 3.77. The van der Waals surface area contributed by atoms with E-state index in [-0.39, 0.29) is 14.8 Å². The SMILES string of the molecule is FC(F)(F)c1ccccc1-c1nccc(C(F)(F)F)c1I. The first-order valence-corrected chi connectivity index (χ1v) is 6.58. The zero-order valence-electron chi connectivity index (χ0n) is 10.1. The second kappa shape index (κ2) is 5.47. The smallest absolute Gasteiger partial charge is 0.255 e. The van der Waals surface area contributed by atoms with Crippen molar-refractivity contribution in [2.75, 3.05) is 0 Å². The fraction of sp³-hybridized carbons (Fsp3) is 0.154. The van der Waals surface area contributed by atoms with Crippen molar-refractivity contribution in [2.24, 2.45) is 0 Å². The largest absolute Gasteiger partial charge is 0.417 e. The summed E-state index contributed by atoms with van der Waals surface area (Å²) in [6.45, 7) is 0. The van der Waals surface area contributed by atoms with Crippen LogP contribution in [-0.4, -0.2) is 4.98 Å². The Labute approximate surface area is 129 Å². The van der Waals surface area contributed by atoms with E-state index in [1.807, 2.05) is 0 Å². The topological polar surface area (TPSA) is 12.9 Å². The average Bonchev–Trinajstić information content (AvgIpc) is 2.36. The van der Waals surface area contributed by atoms with E-state index in [0.717, 1.165) is 24.4 Å². The molecular weight excluding hydrogens is 411 g/mol. The molecule has 0 saturated heterocycles. The molecule has 1 heterocycles. The van der Waals surface area contributed by atoms with Crippen molar-refractivity contribution in [3.63, 3.8) is 0 Å². The average molecular weight is 417 g/mol. The second-order valence-corrected chi connectivity index (χ2v) is 5.14. The van der Waals surface area contributed by atoms with Gasteiger partial charge in [-0.25, -0.2) is 0 Å². The van der Waals surface area contributed by atoms with Crippen molar-refractivity contribution in [2.45, 2.75) is 12.4 Å². The molecule has 1 aromatic heterocycles. The van der Waals surface area contributed by atoms with Gasteiger partial charge < -0.3 is 0 Å². The Hall–Kier alpha value is -1.32. The first kappa shape index (κ1) is 16.1. The summed E-state index contributed by atoms with van der Waals surface area (Å²) < 4.78 is 77.0. The molecule has 21 heavy (non-hydrogen) atoms. The molecule has 0 radical (unpaired) electrons. The quantitative estimate of drug-likeness (QED) is 0.448. The van der Waals surface area contributed by atoms with Gasteiger partial charge in [-0.1, -0.05) is 18.2 Å². The van der Waals surface area contributed by atoms with E-state index in [1.54, 1.807) is 0 Å². The standard InChI is InChI=1S/C13H6F6IN/c14-12(15,16)8-4-2-1-3-7(8)11-10(20)9(5-6-21-11)13(17,18)19/h1-6H. The second-order valence-electron chi connectivity index (χ2n) is 4.06. The Morgan fingerprint density at radius 2 is 1.38 bits per heavy atom. The van der Waals surface area contributed by atoms with Crippen LogP contribution in [0.2, 0.25) is 0 Å². The number of halogens is 7. The maximum absolute atomic E-state index is 12.9. The number of nitrogens with zero attached hydrogens (tertiary/aromatic N) is 1. The number of alkyl halides is 6. The Morgan fingerprint density at radius 3 is 1.95 bits per heavy atom. The van der Waals surface area contributed by atoms with Gasteiger partial charge in [0.2, 0.25) is 0 Å². The van der Waals surface area contributed by atoms with Crippen LogP contribution in [0.4, 0.5) is 26.3 Å². The summed E-state index contributed by atoms with van der Waals surface area (Å²) in [5.41, 5.74) is -2.74. The molecule has 0 saturated carbocycles. The molecule has 0 atom stereocenters.